The molecule has 0 atom stereocenters. The van der Waals surface area contributed by atoms with Crippen LogP contribution in [0.3, 0.4) is 0 Å². The fourth-order valence-corrected chi connectivity index (χ4v) is 2.52. The molecule has 1 aromatic rings. The van der Waals surface area contributed by atoms with Crippen molar-refractivity contribution in [1.82, 2.24) is 10.2 Å². The summed E-state index contributed by atoms with van der Waals surface area (Å²) in [5.41, 5.74) is 7.05. The predicted molar refractivity (Wildman–Crippen MR) is 80.0 cm³/mol. The highest BCUT2D eigenvalue weighted by Crippen LogP contribution is 2.18. The first-order valence-corrected chi connectivity index (χ1v) is 7.00. The minimum absolute atomic E-state index is 0.548. The summed E-state index contributed by atoms with van der Waals surface area (Å²) < 4.78 is 0. The average molecular weight is 260 g/mol. The summed E-state index contributed by atoms with van der Waals surface area (Å²) in [6.07, 6.45) is 2.47. The van der Waals surface area contributed by atoms with Crippen LogP contribution < -0.4 is 11.1 Å². The second-order valence-corrected chi connectivity index (χ2v) is 5.19. The lowest BCUT2D eigenvalue weighted by atomic mass is 9.96. The van der Waals surface area contributed by atoms with E-state index in [0.29, 0.717) is 11.9 Å². The van der Waals surface area contributed by atoms with Crippen molar-refractivity contribution < 1.29 is 0 Å². The number of rotatable bonds is 4. The lowest BCUT2D eigenvalue weighted by molar-refractivity contribution is 0.178. The number of nitrogens with one attached hydrogen (secondary N) is 1. The Morgan fingerprint density at radius 2 is 2.00 bits per heavy atom. The van der Waals surface area contributed by atoms with E-state index in [1.807, 2.05) is 0 Å². The Labute approximate surface area is 115 Å². The van der Waals surface area contributed by atoms with Crippen molar-refractivity contribution >= 4 is 5.96 Å². The summed E-state index contributed by atoms with van der Waals surface area (Å²) in [7, 11) is 1.71. The number of piperidine rings is 1. The highest BCUT2D eigenvalue weighted by Gasteiger charge is 2.18. The van der Waals surface area contributed by atoms with E-state index in [0.717, 1.165) is 13.1 Å². The van der Waals surface area contributed by atoms with E-state index >= 15 is 0 Å². The van der Waals surface area contributed by atoms with Crippen LogP contribution in [-0.4, -0.2) is 37.5 Å². The van der Waals surface area contributed by atoms with Crippen LogP contribution in [0.15, 0.2) is 35.3 Å². The molecule has 0 unspecified atom stereocenters. The molecule has 2 rings (SSSR count). The maximum Gasteiger partial charge on any atom is 0.188 e. The second-order valence-electron chi connectivity index (χ2n) is 5.19. The van der Waals surface area contributed by atoms with Crippen molar-refractivity contribution in [2.45, 2.75) is 19.4 Å². The van der Waals surface area contributed by atoms with E-state index in [-0.39, 0.29) is 0 Å². The van der Waals surface area contributed by atoms with Crippen molar-refractivity contribution in [3.05, 3.63) is 35.9 Å². The number of guanidine groups is 1. The van der Waals surface area contributed by atoms with Crippen LogP contribution in [0.4, 0.5) is 0 Å². The maximum absolute atomic E-state index is 5.65. The molecule has 0 saturated carbocycles. The monoisotopic (exact) mass is 260 g/mol. The van der Waals surface area contributed by atoms with Crippen molar-refractivity contribution in [1.29, 1.82) is 0 Å². The Kier molecular flexibility index (Phi) is 5.21. The Morgan fingerprint density at radius 3 is 2.63 bits per heavy atom. The summed E-state index contributed by atoms with van der Waals surface area (Å²) in [4.78, 5) is 6.45. The highest BCUT2D eigenvalue weighted by molar-refractivity contribution is 5.77. The zero-order chi connectivity index (χ0) is 13.5. The number of likely N-dealkylation sites (tertiary alicyclic amines) is 1. The molecular weight excluding hydrogens is 236 g/mol. The molecule has 104 valence electrons. The van der Waals surface area contributed by atoms with Gasteiger partial charge in [0.25, 0.3) is 0 Å². The van der Waals surface area contributed by atoms with Crippen LogP contribution in [0, 0.1) is 5.92 Å². The summed E-state index contributed by atoms with van der Waals surface area (Å²) in [5, 5.41) is 3.18. The molecule has 1 heterocycles. The van der Waals surface area contributed by atoms with Gasteiger partial charge < -0.3 is 11.1 Å². The van der Waals surface area contributed by atoms with E-state index in [4.69, 9.17) is 5.73 Å². The van der Waals surface area contributed by atoms with Gasteiger partial charge in [-0.2, -0.15) is 0 Å². The third kappa shape index (κ3) is 4.56. The number of nitrogens with zero attached hydrogens (tertiary/aromatic N) is 2. The molecule has 4 nitrogen and oxygen atoms in total. The first kappa shape index (κ1) is 13.9. The van der Waals surface area contributed by atoms with Crippen molar-refractivity contribution in [2.75, 3.05) is 26.7 Å². The van der Waals surface area contributed by atoms with Gasteiger partial charge in [0.1, 0.15) is 0 Å². The van der Waals surface area contributed by atoms with Gasteiger partial charge in [-0.1, -0.05) is 30.3 Å². The quantitative estimate of drug-likeness (QED) is 0.636. The Bertz CT molecular complexity index is 394. The third-order valence-corrected chi connectivity index (χ3v) is 3.77. The fraction of sp³-hybridized carbons (Fsp3) is 0.533. The van der Waals surface area contributed by atoms with Gasteiger partial charge in [-0.05, 0) is 37.4 Å². The molecule has 0 radical (unpaired) electrons. The molecule has 19 heavy (non-hydrogen) atoms. The van der Waals surface area contributed by atoms with Gasteiger partial charge in [-0.3, -0.25) is 9.89 Å². The summed E-state index contributed by atoms with van der Waals surface area (Å²) in [6.45, 7) is 4.36. The van der Waals surface area contributed by atoms with E-state index in [1.165, 1.54) is 31.5 Å². The predicted octanol–water partition coefficient (Wildman–Crippen LogP) is 1.43. The highest BCUT2D eigenvalue weighted by atomic mass is 15.1. The van der Waals surface area contributed by atoms with E-state index < -0.39 is 0 Å². The molecule has 0 aromatic heterocycles. The topological polar surface area (TPSA) is 53.6 Å². The molecule has 0 aliphatic carbocycles. The number of aliphatic imine (C=N–C) groups is 1. The summed E-state index contributed by atoms with van der Waals surface area (Å²) in [5.74, 6) is 1.26. The van der Waals surface area contributed by atoms with Gasteiger partial charge in [0.05, 0.1) is 0 Å². The molecule has 1 saturated heterocycles. The van der Waals surface area contributed by atoms with Gasteiger partial charge in [0.15, 0.2) is 5.96 Å². The van der Waals surface area contributed by atoms with E-state index in [9.17, 15) is 0 Å². The van der Waals surface area contributed by atoms with Gasteiger partial charge in [0, 0.05) is 20.1 Å². The normalized spacial score (nSPS) is 18.5. The molecule has 0 spiro atoms. The Morgan fingerprint density at radius 1 is 1.32 bits per heavy atom. The first-order valence-electron chi connectivity index (χ1n) is 7.00. The molecule has 1 aromatic carbocycles. The van der Waals surface area contributed by atoms with Crippen molar-refractivity contribution in [3.63, 3.8) is 0 Å². The molecule has 1 aliphatic heterocycles. The van der Waals surface area contributed by atoms with E-state index in [2.05, 4.69) is 45.5 Å². The largest absolute Gasteiger partial charge is 0.370 e. The van der Waals surface area contributed by atoms with Crippen LogP contribution in [0.25, 0.3) is 0 Å². The molecule has 0 amide bonds. The molecule has 3 N–H and O–H groups in total. The number of benzene rings is 1. The third-order valence-electron chi connectivity index (χ3n) is 3.77. The zero-order valence-corrected chi connectivity index (χ0v) is 11.7. The average Bonchev–Trinajstić information content (AvgIpc) is 2.47. The second kappa shape index (κ2) is 7.14. The van der Waals surface area contributed by atoms with Gasteiger partial charge in [0.2, 0.25) is 0 Å². The molecule has 0 bridgehead atoms. The zero-order valence-electron chi connectivity index (χ0n) is 11.7. The standard InChI is InChI=1S/C15H24N4/c1-17-15(16)18-11-13-7-9-19(10-8-13)12-14-5-3-2-4-6-14/h2-6,13H,7-12H2,1H3,(H3,16,17,18). The van der Waals surface area contributed by atoms with Gasteiger partial charge >= 0.3 is 0 Å². The first-order chi connectivity index (χ1) is 9.28. The molecule has 1 fully saturated rings. The van der Waals surface area contributed by atoms with Crippen LogP contribution in [0.5, 0.6) is 0 Å². The minimum atomic E-state index is 0.548. The number of hydrogen-bond donors (Lipinski definition) is 2. The van der Waals surface area contributed by atoms with E-state index in [1.54, 1.807) is 7.05 Å². The number of hydrogen-bond acceptors (Lipinski definition) is 2. The smallest absolute Gasteiger partial charge is 0.188 e. The summed E-state index contributed by atoms with van der Waals surface area (Å²) in [6, 6.07) is 10.7. The molecule has 4 heteroatoms. The van der Waals surface area contributed by atoms with Crippen LogP contribution in [0.1, 0.15) is 18.4 Å². The van der Waals surface area contributed by atoms with Crippen LogP contribution in [-0.2, 0) is 6.54 Å². The lowest BCUT2D eigenvalue weighted by Gasteiger charge is -2.32. The SMILES string of the molecule is CN=C(N)NCC1CCN(Cc2ccccc2)CC1. The van der Waals surface area contributed by atoms with Crippen LogP contribution in [0.2, 0.25) is 0 Å². The van der Waals surface area contributed by atoms with Gasteiger partial charge in [-0.25, -0.2) is 0 Å². The minimum Gasteiger partial charge on any atom is -0.370 e. The maximum atomic E-state index is 5.65. The summed E-state index contributed by atoms with van der Waals surface area (Å²) >= 11 is 0. The molecule has 1 aliphatic rings. The van der Waals surface area contributed by atoms with Crippen molar-refractivity contribution in [3.8, 4) is 0 Å². The Balaban J connectivity index is 1.71. The van der Waals surface area contributed by atoms with Gasteiger partial charge in [-0.15, -0.1) is 0 Å². The van der Waals surface area contributed by atoms with Crippen LogP contribution >= 0.6 is 0 Å². The Hall–Kier alpha value is -1.55. The lowest BCUT2D eigenvalue weighted by Crippen LogP contribution is -2.40. The van der Waals surface area contributed by atoms with Crippen molar-refractivity contribution in [2.24, 2.45) is 16.6 Å². The fourth-order valence-electron chi connectivity index (χ4n) is 2.52. The molecular formula is C15H24N4. The number of nitrogens with two attached hydrogens (primary N) is 1.